The van der Waals surface area contributed by atoms with Gasteiger partial charge in [-0.25, -0.2) is 0 Å². The average molecular weight is 186 g/mol. The van der Waals surface area contributed by atoms with Crippen molar-refractivity contribution in [3.8, 4) is 5.75 Å². The second kappa shape index (κ2) is 3.45. The molecule has 0 fully saturated rings. The van der Waals surface area contributed by atoms with Crippen molar-refractivity contribution in [1.29, 1.82) is 0 Å². The molecule has 0 radical (unpaired) electrons. The summed E-state index contributed by atoms with van der Waals surface area (Å²) in [5, 5.41) is 10.9. The maximum absolute atomic E-state index is 10.5. The third-order valence-electron chi connectivity index (χ3n) is 1.38. The first-order chi connectivity index (χ1) is 5.65. The topological polar surface area (TPSA) is 49.4 Å². The number of hydrogen-bond acceptors (Lipinski definition) is 3. The fourth-order valence-electron chi connectivity index (χ4n) is 0.834. The van der Waals surface area contributed by atoms with Crippen LogP contribution in [-0.2, 0) is 0 Å². The van der Waals surface area contributed by atoms with Gasteiger partial charge in [0, 0.05) is 10.6 Å². The number of hydrogen-bond donors (Lipinski definition) is 0. The third kappa shape index (κ3) is 1.68. The van der Waals surface area contributed by atoms with E-state index >= 15 is 0 Å². The lowest BCUT2D eigenvalue weighted by Gasteiger charge is -2.08. The number of rotatable bonds is 2. The predicted octanol–water partition coefficient (Wildman–Crippen LogP) is 0.712. The number of benzene rings is 1. The molecule has 12 heavy (non-hydrogen) atoms. The van der Waals surface area contributed by atoms with Crippen molar-refractivity contribution >= 4 is 17.6 Å². The smallest absolute Gasteiger partial charge is 0.129 e. The summed E-state index contributed by atoms with van der Waals surface area (Å²) in [5.41, 5.74) is 0.00176. The Kier molecular flexibility index (Phi) is 2.55. The van der Waals surface area contributed by atoms with Crippen LogP contribution in [0.15, 0.2) is 18.2 Å². The molecule has 0 amide bonds. The summed E-state index contributed by atoms with van der Waals surface area (Å²) in [6.07, 6.45) is 0. The van der Waals surface area contributed by atoms with Crippen LogP contribution in [0.5, 0.6) is 5.75 Å². The van der Waals surface area contributed by atoms with Crippen molar-refractivity contribution in [2.75, 3.05) is 7.11 Å². The van der Waals surface area contributed by atoms with Gasteiger partial charge >= 0.3 is 0 Å². The molecule has 0 aliphatic heterocycles. The van der Waals surface area contributed by atoms with Crippen molar-refractivity contribution < 1.29 is 14.6 Å². The monoisotopic (exact) mass is 185 g/mol. The molecule has 1 aromatic carbocycles. The molecular formula is C8H6ClO3-. The zero-order chi connectivity index (χ0) is 9.14. The lowest BCUT2D eigenvalue weighted by Crippen LogP contribution is -2.22. The van der Waals surface area contributed by atoms with Gasteiger partial charge in [0.15, 0.2) is 0 Å². The Morgan fingerprint density at radius 1 is 1.58 bits per heavy atom. The molecule has 0 unspecified atom stereocenters. The van der Waals surface area contributed by atoms with Gasteiger partial charge in [-0.1, -0.05) is 11.6 Å². The first-order valence-electron chi connectivity index (χ1n) is 3.20. The molecule has 0 saturated carbocycles. The van der Waals surface area contributed by atoms with Crippen LogP contribution in [0.3, 0.4) is 0 Å². The van der Waals surface area contributed by atoms with Gasteiger partial charge in [-0.05, 0) is 18.2 Å². The highest BCUT2D eigenvalue weighted by molar-refractivity contribution is 6.30. The zero-order valence-corrected chi connectivity index (χ0v) is 7.09. The summed E-state index contributed by atoms with van der Waals surface area (Å²) < 4.78 is 4.78. The number of carbonyl (C=O) groups is 1. The molecule has 0 spiro atoms. The van der Waals surface area contributed by atoms with Crippen LogP contribution in [0.1, 0.15) is 10.4 Å². The van der Waals surface area contributed by atoms with Gasteiger partial charge in [-0.15, -0.1) is 0 Å². The van der Waals surface area contributed by atoms with Crippen LogP contribution < -0.4 is 9.84 Å². The standard InChI is InChI=1S/C8H7ClO3/c1-12-7-4-5(9)2-3-6(7)8(10)11/h2-4H,1H3,(H,10,11)/p-1. The molecule has 0 atom stereocenters. The van der Waals surface area contributed by atoms with Crippen LogP contribution in [0.4, 0.5) is 0 Å². The van der Waals surface area contributed by atoms with Gasteiger partial charge in [-0.3, -0.25) is 0 Å². The molecule has 0 aliphatic rings. The molecule has 1 rings (SSSR count). The maximum Gasteiger partial charge on any atom is 0.129 e. The molecule has 3 nitrogen and oxygen atoms in total. The van der Waals surface area contributed by atoms with Crippen LogP contribution in [0, 0.1) is 0 Å². The van der Waals surface area contributed by atoms with E-state index in [0.29, 0.717) is 5.02 Å². The minimum Gasteiger partial charge on any atom is -0.545 e. The molecule has 0 aromatic heterocycles. The average Bonchev–Trinajstić information content (AvgIpc) is 2.03. The summed E-state index contributed by atoms with van der Waals surface area (Å²) in [6.45, 7) is 0. The van der Waals surface area contributed by atoms with Crippen molar-refractivity contribution in [2.24, 2.45) is 0 Å². The molecule has 64 valence electrons. The Morgan fingerprint density at radius 3 is 2.75 bits per heavy atom. The van der Waals surface area contributed by atoms with E-state index in [9.17, 15) is 9.90 Å². The Bertz CT molecular complexity index is 309. The van der Waals surface area contributed by atoms with Gasteiger partial charge in [0.05, 0.1) is 13.1 Å². The highest BCUT2D eigenvalue weighted by Crippen LogP contribution is 2.22. The van der Waals surface area contributed by atoms with E-state index in [0.717, 1.165) is 0 Å². The van der Waals surface area contributed by atoms with E-state index in [1.807, 2.05) is 0 Å². The lowest BCUT2D eigenvalue weighted by atomic mass is 10.2. The Labute approximate surface area is 74.5 Å². The van der Waals surface area contributed by atoms with Crippen LogP contribution in [-0.4, -0.2) is 13.1 Å². The molecule has 0 saturated heterocycles. The van der Waals surface area contributed by atoms with Crippen molar-refractivity contribution in [1.82, 2.24) is 0 Å². The fourth-order valence-corrected chi connectivity index (χ4v) is 0.996. The zero-order valence-electron chi connectivity index (χ0n) is 6.33. The normalized spacial score (nSPS) is 9.50. The second-order valence-electron chi connectivity index (χ2n) is 2.13. The highest BCUT2D eigenvalue weighted by Gasteiger charge is 2.03. The van der Waals surface area contributed by atoms with E-state index in [1.54, 1.807) is 0 Å². The van der Waals surface area contributed by atoms with E-state index in [1.165, 1.54) is 25.3 Å². The first-order valence-corrected chi connectivity index (χ1v) is 3.58. The Hall–Kier alpha value is -1.22. The molecule has 1 aromatic rings. The number of halogens is 1. The van der Waals surface area contributed by atoms with Crippen LogP contribution in [0.2, 0.25) is 5.02 Å². The quantitative estimate of drug-likeness (QED) is 0.682. The maximum atomic E-state index is 10.5. The molecule has 0 N–H and O–H groups in total. The largest absolute Gasteiger partial charge is 0.545 e. The van der Waals surface area contributed by atoms with Crippen LogP contribution in [0.25, 0.3) is 0 Å². The summed E-state index contributed by atoms with van der Waals surface area (Å²) >= 11 is 5.61. The molecule has 0 heterocycles. The van der Waals surface area contributed by atoms with Crippen molar-refractivity contribution in [3.05, 3.63) is 28.8 Å². The number of carboxylic acids is 1. The molecule has 0 aliphatic carbocycles. The molecular weight excluding hydrogens is 180 g/mol. The van der Waals surface area contributed by atoms with E-state index in [-0.39, 0.29) is 11.3 Å². The number of ether oxygens (including phenoxy) is 1. The van der Waals surface area contributed by atoms with Gasteiger partial charge in [0.1, 0.15) is 5.75 Å². The summed E-state index contributed by atoms with van der Waals surface area (Å²) in [6, 6.07) is 4.23. The van der Waals surface area contributed by atoms with Crippen molar-refractivity contribution in [2.45, 2.75) is 0 Å². The van der Waals surface area contributed by atoms with E-state index in [2.05, 4.69) is 0 Å². The van der Waals surface area contributed by atoms with Gasteiger partial charge in [-0.2, -0.15) is 0 Å². The predicted molar refractivity (Wildman–Crippen MR) is 42.3 cm³/mol. The fraction of sp³-hybridized carbons (Fsp3) is 0.125. The SMILES string of the molecule is COc1cc(Cl)ccc1C(=O)[O-]. The second-order valence-corrected chi connectivity index (χ2v) is 2.57. The van der Waals surface area contributed by atoms with Crippen LogP contribution >= 0.6 is 11.6 Å². The summed E-state index contributed by atoms with van der Waals surface area (Å²) in [7, 11) is 1.37. The lowest BCUT2D eigenvalue weighted by molar-refractivity contribution is -0.255. The number of carbonyl (C=O) groups excluding carboxylic acids is 1. The summed E-state index contributed by atoms with van der Waals surface area (Å²) in [5.74, 6) is -1.06. The van der Waals surface area contributed by atoms with Crippen molar-refractivity contribution in [3.63, 3.8) is 0 Å². The Morgan fingerprint density at radius 2 is 2.25 bits per heavy atom. The summed E-state index contributed by atoms with van der Waals surface area (Å²) in [4.78, 5) is 10.5. The minimum absolute atomic E-state index is 0.00176. The highest BCUT2D eigenvalue weighted by atomic mass is 35.5. The Balaban J connectivity index is 3.20. The van der Waals surface area contributed by atoms with Gasteiger partial charge in [0.25, 0.3) is 0 Å². The van der Waals surface area contributed by atoms with Gasteiger partial charge < -0.3 is 14.6 Å². The van der Waals surface area contributed by atoms with Gasteiger partial charge in [0.2, 0.25) is 0 Å². The minimum atomic E-state index is -1.27. The number of carboxylic acid groups (broad SMARTS) is 1. The number of aromatic carboxylic acids is 1. The number of methoxy groups -OCH3 is 1. The van der Waals surface area contributed by atoms with E-state index in [4.69, 9.17) is 16.3 Å². The third-order valence-corrected chi connectivity index (χ3v) is 1.62. The molecule has 0 bridgehead atoms. The first kappa shape index (κ1) is 8.87. The molecule has 4 heteroatoms. The van der Waals surface area contributed by atoms with E-state index < -0.39 is 5.97 Å².